The van der Waals surface area contributed by atoms with Crippen LogP contribution in [-0.2, 0) is 0 Å². The van der Waals surface area contributed by atoms with E-state index in [1.807, 2.05) is 37.5 Å². The Morgan fingerprint density at radius 1 is 1.20 bits per heavy atom. The van der Waals surface area contributed by atoms with Crippen molar-refractivity contribution in [1.82, 2.24) is 0 Å². The largest absolute Gasteiger partial charge is 0.854 e. The van der Waals surface area contributed by atoms with Gasteiger partial charge in [-0.05, 0) is 0 Å². The Morgan fingerprint density at radius 3 is 1.80 bits per heavy atom. The van der Waals surface area contributed by atoms with Gasteiger partial charge in [-0.1, -0.05) is 19.4 Å². The summed E-state index contributed by atoms with van der Waals surface area (Å²) in [4.78, 5) is 2.89. The summed E-state index contributed by atoms with van der Waals surface area (Å²) < 4.78 is 0. The fourth-order valence-corrected chi connectivity index (χ4v) is 0.342. The van der Waals surface area contributed by atoms with Gasteiger partial charge in [0.1, 0.15) is 0 Å². The van der Waals surface area contributed by atoms with E-state index in [-0.39, 0.29) is 6.61 Å². The fourth-order valence-electron chi connectivity index (χ4n) is 0.342. The number of aromatic amines is 1. The first-order valence-electron chi connectivity index (χ1n) is 3.41. The van der Waals surface area contributed by atoms with Gasteiger partial charge in [-0.15, -0.1) is 6.61 Å². The van der Waals surface area contributed by atoms with Gasteiger partial charge in [0.25, 0.3) is 0 Å². The van der Waals surface area contributed by atoms with E-state index in [0.29, 0.717) is 0 Å². The van der Waals surface area contributed by atoms with E-state index in [9.17, 15) is 5.11 Å². The number of rotatable bonds is 1. The summed E-state index contributed by atoms with van der Waals surface area (Å²) in [6.45, 7) is 1.94. The second kappa shape index (κ2) is 8.11. The van der Waals surface area contributed by atoms with Crippen LogP contribution in [0, 0.1) is 0 Å². The normalized spacial score (nSPS) is 7.80. The van der Waals surface area contributed by atoms with Crippen LogP contribution in [0.4, 0.5) is 0 Å². The third-order valence-corrected chi connectivity index (χ3v) is 0.811. The van der Waals surface area contributed by atoms with Crippen molar-refractivity contribution >= 4 is 0 Å². The molecule has 0 aliphatic heterocycles. The minimum Gasteiger partial charge on any atom is -0.854 e. The third kappa shape index (κ3) is 7.11. The second-order valence-corrected chi connectivity index (χ2v) is 1.78. The highest BCUT2D eigenvalue weighted by atomic mass is 16.2. The first-order chi connectivity index (χ1) is 4.91. The molecule has 10 heavy (non-hydrogen) atoms. The molecule has 1 rings (SSSR count). The van der Waals surface area contributed by atoms with E-state index in [0.717, 1.165) is 6.42 Å². The van der Waals surface area contributed by atoms with Gasteiger partial charge in [0.15, 0.2) is 12.4 Å². The van der Waals surface area contributed by atoms with Crippen LogP contribution in [0.15, 0.2) is 30.6 Å². The molecule has 1 aromatic rings. The molecular weight excluding hydrogens is 126 g/mol. The third-order valence-electron chi connectivity index (χ3n) is 0.811. The first-order valence-corrected chi connectivity index (χ1v) is 3.41. The van der Waals surface area contributed by atoms with Crippen LogP contribution < -0.4 is 10.1 Å². The smallest absolute Gasteiger partial charge is 0.166 e. The van der Waals surface area contributed by atoms with Crippen LogP contribution in [0.2, 0.25) is 0 Å². The van der Waals surface area contributed by atoms with Gasteiger partial charge < -0.3 is 5.11 Å². The van der Waals surface area contributed by atoms with Crippen molar-refractivity contribution in [3.63, 3.8) is 0 Å². The number of H-pyrrole nitrogens is 1. The van der Waals surface area contributed by atoms with Gasteiger partial charge in [-0.25, -0.2) is 4.98 Å². The highest BCUT2D eigenvalue weighted by Gasteiger charge is 1.65. The maximum atomic E-state index is 9.30. The molecule has 0 amide bonds. The molecule has 1 N–H and O–H groups in total. The molecule has 1 aromatic heterocycles. The molecule has 0 atom stereocenters. The Hall–Kier alpha value is -0.890. The van der Waals surface area contributed by atoms with Crippen LogP contribution in [0.3, 0.4) is 0 Å². The molecule has 0 saturated heterocycles. The topological polar surface area (TPSA) is 37.2 Å². The maximum absolute atomic E-state index is 9.30. The van der Waals surface area contributed by atoms with E-state index < -0.39 is 0 Å². The van der Waals surface area contributed by atoms with E-state index in [2.05, 4.69) is 4.98 Å². The minimum absolute atomic E-state index is 0.0694. The average Bonchev–Trinajstić information content (AvgIpc) is 2.08. The van der Waals surface area contributed by atoms with E-state index in [4.69, 9.17) is 0 Å². The second-order valence-electron chi connectivity index (χ2n) is 1.78. The molecule has 0 unspecified atom stereocenters. The molecule has 56 valence electrons. The van der Waals surface area contributed by atoms with Gasteiger partial charge in [0.2, 0.25) is 0 Å². The summed E-state index contributed by atoms with van der Waals surface area (Å²) in [5.41, 5.74) is 0. The zero-order chi connectivity index (χ0) is 7.66. The predicted octanol–water partition coefficient (Wildman–Crippen LogP) is 0.257. The summed E-state index contributed by atoms with van der Waals surface area (Å²) in [6.07, 6.45) is 4.51. The van der Waals surface area contributed by atoms with E-state index in [1.54, 1.807) is 0 Å². The summed E-state index contributed by atoms with van der Waals surface area (Å²) in [5.74, 6) is 0. The number of pyridine rings is 1. The lowest BCUT2D eigenvalue weighted by Gasteiger charge is -1.89. The molecule has 0 fully saturated rings. The summed E-state index contributed by atoms with van der Waals surface area (Å²) in [6, 6.07) is 5.86. The molecule has 0 aliphatic carbocycles. The highest BCUT2D eigenvalue weighted by Crippen LogP contribution is 1.68. The fraction of sp³-hybridized carbons (Fsp3) is 0.375. The Balaban J connectivity index is 0.000000180. The van der Waals surface area contributed by atoms with Gasteiger partial charge in [-0.3, -0.25) is 0 Å². The van der Waals surface area contributed by atoms with E-state index in [1.165, 1.54) is 0 Å². The predicted molar refractivity (Wildman–Crippen MR) is 38.2 cm³/mol. The molecule has 0 spiro atoms. The Morgan fingerprint density at radius 2 is 1.70 bits per heavy atom. The average molecular weight is 139 g/mol. The molecule has 0 bridgehead atoms. The Bertz CT molecular complexity index is 101. The minimum atomic E-state index is 0.0694. The van der Waals surface area contributed by atoms with Crippen molar-refractivity contribution in [3.05, 3.63) is 30.6 Å². The SMILES string of the molecule is CCC[O-].c1cc[nH+]cc1. The molecule has 2 heteroatoms. The molecule has 0 aliphatic rings. The summed E-state index contributed by atoms with van der Waals surface area (Å²) in [7, 11) is 0. The zero-order valence-corrected chi connectivity index (χ0v) is 6.21. The number of hydrogen-bond donors (Lipinski definition) is 0. The first kappa shape index (κ1) is 9.11. The highest BCUT2D eigenvalue weighted by molar-refractivity contribution is 4.82. The summed E-state index contributed by atoms with van der Waals surface area (Å²) in [5, 5.41) is 9.30. The van der Waals surface area contributed by atoms with Gasteiger partial charge in [-0.2, -0.15) is 0 Å². The van der Waals surface area contributed by atoms with Crippen molar-refractivity contribution in [3.8, 4) is 0 Å². The number of nitrogens with one attached hydrogen (secondary N) is 1. The van der Waals surface area contributed by atoms with E-state index >= 15 is 0 Å². The lowest BCUT2D eigenvalue weighted by atomic mass is 10.5. The van der Waals surface area contributed by atoms with Crippen molar-refractivity contribution in [2.24, 2.45) is 0 Å². The van der Waals surface area contributed by atoms with Crippen LogP contribution in [0.5, 0.6) is 0 Å². The van der Waals surface area contributed by atoms with Gasteiger partial charge in [0.05, 0.1) is 0 Å². The number of aromatic nitrogens is 1. The molecule has 0 radical (unpaired) electrons. The van der Waals surface area contributed by atoms with Crippen molar-refractivity contribution in [2.75, 3.05) is 6.61 Å². The molecule has 1 heterocycles. The Kier molecular flexibility index (Phi) is 7.39. The molecule has 0 aromatic carbocycles. The maximum Gasteiger partial charge on any atom is 0.166 e. The van der Waals surface area contributed by atoms with Crippen LogP contribution in [0.25, 0.3) is 0 Å². The molecule has 2 nitrogen and oxygen atoms in total. The lowest BCUT2D eigenvalue weighted by Crippen LogP contribution is -2.01. The van der Waals surface area contributed by atoms with Crippen LogP contribution in [0.1, 0.15) is 13.3 Å². The summed E-state index contributed by atoms with van der Waals surface area (Å²) >= 11 is 0. The van der Waals surface area contributed by atoms with Gasteiger partial charge >= 0.3 is 0 Å². The van der Waals surface area contributed by atoms with Crippen molar-refractivity contribution < 1.29 is 10.1 Å². The molecular formula is C8H13NO. The van der Waals surface area contributed by atoms with Crippen LogP contribution >= 0.6 is 0 Å². The quantitative estimate of drug-likeness (QED) is 0.549. The zero-order valence-electron chi connectivity index (χ0n) is 6.21. The molecule has 0 saturated carbocycles. The standard InChI is InChI=1S/C5H5N.C3H7O/c1-2-4-6-5-3-1;1-2-3-4/h1-5H;2-3H2,1H3/q;-1/p+1. The van der Waals surface area contributed by atoms with Crippen molar-refractivity contribution in [2.45, 2.75) is 13.3 Å². The lowest BCUT2D eigenvalue weighted by molar-refractivity contribution is -0.378. The van der Waals surface area contributed by atoms with Crippen LogP contribution in [-0.4, -0.2) is 6.61 Å². The number of hydrogen-bond acceptors (Lipinski definition) is 1. The Labute approximate surface area is 61.5 Å². The monoisotopic (exact) mass is 139 g/mol. The van der Waals surface area contributed by atoms with Crippen molar-refractivity contribution in [1.29, 1.82) is 0 Å². The van der Waals surface area contributed by atoms with Gasteiger partial charge in [0, 0.05) is 12.1 Å².